The summed E-state index contributed by atoms with van der Waals surface area (Å²) in [5.41, 5.74) is 2.07. The predicted octanol–water partition coefficient (Wildman–Crippen LogP) is 2.72. The summed E-state index contributed by atoms with van der Waals surface area (Å²) in [6.07, 6.45) is 0.824. The van der Waals surface area contributed by atoms with E-state index in [4.69, 9.17) is 0 Å². The topological polar surface area (TPSA) is 95.7 Å². The Bertz CT molecular complexity index is 819. The second-order valence-electron chi connectivity index (χ2n) is 5.77. The summed E-state index contributed by atoms with van der Waals surface area (Å²) in [4.78, 5) is 33.3. The fraction of sp³-hybridized carbons (Fsp3) is 0.316. The molecule has 0 fully saturated rings. The van der Waals surface area contributed by atoms with Crippen LogP contribution in [-0.2, 0) is 0 Å². The molecule has 1 heterocycles. The number of benzene rings is 1. The van der Waals surface area contributed by atoms with Gasteiger partial charge in [0.05, 0.1) is 6.07 Å². The molecule has 0 unspecified atom stereocenters. The number of carbonyl (C=O) groups excluding carboxylic acids is 2. The van der Waals surface area contributed by atoms with E-state index < -0.39 is 11.7 Å². The number of nitrogens with one attached hydrogen (secondary N) is 1. The quantitative estimate of drug-likeness (QED) is 0.818. The molecule has 0 bridgehead atoms. The van der Waals surface area contributed by atoms with E-state index in [-0.39, 0.29) is 11.7 Å². The first-order valence-electron chi connectivity index (χ1n) is 8.10. The highest BCUT2D eigenvalue weighted by atomic mass is 16.1. The Kier molecular flexibility index (Phi) is 5.96. The number of rotatable bonds is 6. The van der Waals surface area contributed by atoms with E-state index in [0.717, 1.165) is 6.42 Å². The number of amides is 1. The maximum atomic E-state index is 12.8. The van der Waals surface area contributed by atoms with Crippen LogP contribution in [0.1, 0.15) is 57.2 Å². The summed E-state index contributed by atoms with van der Waals surface area (Å²) >= 11 is 0. The fourth-order valence-electron chi connectivity index (χ4n) is 2.44. The molecule has 6 nitrogen and oxygen atoms in total. The lowest BCUT2D eigenvalue weighted by Gasteiger charge is -2.10. The molecule has 0 spiro atoms. The average Bonchev–Trinajstić information content (AvgIpc) is 2.59. The number of nitrogens with zero attached hydrogens (tertiary/aromatic N) is 3. The van der Waals surface area contributed by atoms with Crippen LogP contribution in [0.4, 0.5) is 0 Å². The Morgan fingerprint density at radius 2 is 1.80 bits per heavy atom. The normalized spacial score (nSPS) is 11.4. The molecule has 0 aliphatic carbocycles. The van der Waals surface area contributed by atoms with Crippen molar-refractivity contribution in [3.8, 4) is 6.07 Å². The predicted molar refractivity (Wildman–Crippen MR) is 93.3 cm³/mol. The zero-order valence-electron chi connectivity index (χ0n) is 14.5. The van der Waals surface area contributed by atoms with Crippen LogP contribution in [-0.4, -0.2) is 28.2 Å². The lowest BCUT2D eigenvalue weighted by molar-refractivity contribution is 0.0953. The summed E-state index contributed by atoms with van der Waals surface area (Å²) < 4.78 is 0. The van der Waals surface area contributed by atoms with Crippen molar-refractivity contribution in [2.24, 2.45) is 0 Å². The van der Waals surface area contributed by atoms with Gasteiger partial charge in [-0.25, -0.2) is 9.97 Å². The third-order valence-electron chi connectivity index (χ3n) is 3.59. The van der Waals surface area contributed by atoms with Gasteiger partial charge in [0.15, 0.2) is 17.5 Å². The van der Waals surface area contributed by atoms with Gasteiger partial charge in [0.1, 0.15) is 0 Å². The summed E-state index contributed by atoms with van der Waals surface area (Å²) in [6.45, 7) is 6.10. The SMILES string of the molecule is CCCNC(=O)c1cccc(C(=O)[C@@H](C#N)c2nc(C)cc(C)n2)c1. The van der Waals surface area contributed by atoms with E-state index in [0.29, 0.717) is 29.1 Å². The van der Waals surface area contributed by atoms with Crippen LogP contribution in [0.5, 0.6) is 0 Å². The second kappa shape index (κ2) is 8.15. The summed E-state index contributed by atoms with van der Waals surface area (Å²) in [5, 5.41) is 12.2. The number of ketones is 1. The highest BCUT2D eigenvalue weighted by Gasteiger charge is 2.25. The standard InChI is InChI=1S/C19H20N4O2/c1-4-8-21-19(25)15-7-5-6-14(10-15)17(24)16(11-20)18-22-12(2)9-13(3)23-18/h5-7,9-10,16H,4,8H2,1-3H3,(H,21,25)/t16-/m1/s1. The lowest BCUT2D eigenvalue weighted by atomic mass is 9.96. The minimum Gasteiger partial charge on any atom is -0.352 e. The molecule has 2 aromatic rings. The fourth-order valence-corrected chi connectivity index (χ4v) is 2.44. The van der Waals surface area contributed by atoms with Crippen molar-refractivity contribution in [3.05, 3.63) is 58.7 Å². The number of Topliss-reactive ketones (excluding diaryl/α,β-unsaturated/α-hetero) is 1. The van der Waals surface area contributed by atoms with E-state index in [9.17, 15) is 14.9 Å². The van der Waals surface area contributed by atoms with E-state index in [1.807, 2.05) is 13.0 Å². The lowest BCUT2D eigenvalue weighted by Crippen LogP contribution is -2.24. The van der Waals surface area contributed by atoms with Crippen molar-refractivity contribution in [1.82, 2.24) is 15.3 Å². The number of hydrogen-bond acceptors (Lipinski definition) is 5. The van der Waals surface area contributed by atoms with Crippen molar-refractivity contribution >= 4 is 11.7 Å². The van der Waals surface area contributed by atoms with Gasteiger partial charge in [0, 0.05) is 29.1 Å². The van der Waals surface area contributed by atoms with Crippen LogP contribution in [0, 0.1) is 25.2 Å². The van der Waals surface area contributed by atoms with Gasteiger partial charge in [0.25, 0.3) is 5.91 Å². The maximum absolute atomic E-state index is 12.8. The highest BCUT2D eigenvalue weighted by molar-refractivity contribution is 6.04. The van der Waals surface area contributed by atoms with Gasteiger partial charge >= 0.3 is 0 Å². The molecule has 1 aromatic carbocycles. The van der Waals surface area contributed by atoms with Crippen LogP contribution in [0.3, 0.4) is 0 Å². The maximum Gasteiger partial charge on any atom is 0.251 e. The molecule has 1 aromatic heterocycles. The van der Waals surface area contributed by atoms with E-state index in [1.54, 1.807) is 38.1 Å². The average molecular weight is 336 g/mol. The van der Waals surface area contributed by atoms with Crippen molar-refractivity contribution in [3.63, 3.8) is 0 Å². The van der Waals surface area contributed by atoms with Crippen LogP contribution in [0.25, 0.3) is 0 Å². The van der Waals surface area contributed by atoms with Crippen molar-refractivity contribution in [2.75, 3.05) is 6.54 Å². The molecule has 2 rings (SSSR count). The number of aromatic nitrogens is 2. The Balaban J connectivity index is 2.32. The smallest absolute Gasteiger partial charge is 0.251 e. The zero-order valence-corrected chi connectivity index (χ0v) is 14.5. The minimum absolute atomic E-state index is 0.186. The van der Waals surface area contributed by atoms with Crippen LogP contribution < -0.4 is 5.32 Å². The Labute approximate surface area is 146 Å². The Hall–Kier alpha value is -3.07. The van der Waals surface area contributed by atoms with Crippen LogP contribution in [0.15, 0.2) is 30.3 Å². The molecule has 0 radical (unpaired) electrons. The molecule has 0 saturated heterocycles. The monoisotopic (exact) mass is 336 g/mol. The first-order chi connectivity index (χ1) is 12.0. The Morgan fingerprint density at radius 1 is 1.16 bits per heavy atom. The third-order valence-corrected chi connectivity index (χ3v) is 3.59. The minimum atomic E-state index is -1.10. The van der Waals surface area contributed by atoms with Gasteiger partial charge in [0.2, 0.25) is 0 Å². The molecular weight excluding hydrogens is 316 g/mol. The number of nitriles is 1. The van der Waals surface area contributed by atoms with Crippen LogP contribution in [0.2, 0.25) is 0 Å². The molecule has 1 N–H and O–H groups in total. The highest BCUT2D eigenvalue weighted by Crippen LogP contribution is 2.19. The second-order valence-corrected chi connectivity index (χ2v) is 5.77. The number of aryl methyl sites for hydroxylation is 2. The molecule has 0 aliphatic heterocycles. The van der Waals surface area contributed by atoms with Crippen LogP contribution >= 0.6 is 0 Å². The molecule has 25 heavy (non-hydrogen) atoms. The van der Waals surface area contributed by atoms with E-state index in [1.165, 1.54) is 6.07 Å². The first kappa shape index (κ1) is 18.3. The Morgan fingerprint density at radius 3 is 2.40 bits per heavy atom. The molecule has 0 saturated carbocycles. The van der Waals surface area contributed by atoms with Gasteiger partial charge in [-0.1, -0.05) is 19.1 Å². The van der Waals surface area contributed by atoms with Crippen molar-refractivity contribution < 1.29 is 9.59 Å². The van der Waals surface area contributed by atoms with Gasteiger partial charge < -0.3 is 5.32 Å². The molecule has 128 valence electrons. The van der Waals surface area contributed by atoms with Crippen molar-refractivity contribution in [1.29, 1.82) is 5.26 Å². The van der Waals surface area contributed by atoms with Gasteiger partial charge in [-0.3, -0.25) is 9.59 Å². The summed E-state index contributed by atoms with van der Waals surface area (Å²) in [7, 11) is 0. The van der Waals surface area contributed by atoms with Gasteiger partial charge in [-0.15, -0.1) is 0 Å². The third kappa shape index (κ3) is 4.48. The summed E-state index contributed by atoms with van der Waals surface area (Å²) in [5.74, 6) is -1.58. The number of hydrogen-bond donors (Lipinski definition) is 1. The number of carbonyl (C=O) groups is 2. The van der Waals surface area contributed by atoms with Crippen molar-refractivity contribution in [2.45, 2.75) is 33.1 Å². The van der Waals surface area contributed by atoms with E-state index >= 15 is 0 Å². The largest absolute Gasteiger partial charge is 0.352 e. The molecular formula is C19H20N4O2. The first-order valence-corrected chi connectivity index (χ1v) is 8.10. The van der Waals surface area contributed by atoms with Gasteiger partial charge in [-0.2, -0.15) is 5.26 Å². The molecule has 0 aliphatic rings. The zero-order chi connectivity index (χ0) is 18.4. The molecule has 6 heteroatoms. The van der Waals surface area contributed by atoms with E-state index in [2.05, 4.69) is 15.3 Å². The summed E-state index contributed by atoms with van der Waals surface area (Å²) in [6, 6.07) is 10.1. The van der Waals surface area contributed by atoms with Gasteiger partial charge in [-0.05, 0) is 38.5 Å². The molecule has 1 atom stereocenters. The molecule has 1 amide bonds.